The number of amides is 1. The Balaban J connectivity index is 1.39. The zero-order valence-corrected chi connectivity index (χ0v) is 17.8. The van der Waals surface area contributed by atoms with Gasteiger partial charge in [0.25, 0.3) is 5.91 Å². The molecule has 1 aromatic heterocycles. The first-order chi connectivity index (χ1) is 14.5. The number of hydrogen-bond donors (Lipinski definition) is 2. The number of sulfonamides is 1. The van der Waals surface area contributed by atoms with Crippen LogP contribution in [0.2, 0.25) is 0 Å². The van der Waals surface area contributed by atoms with E-state index in [9.17, 15) is 13.2 Å². The van der Waals surface area contributed by atoms with Crippen LogP contribution in [0.3, 0.4) is 0 Å². The van der Waals surface area contributed by atoms with Crippen molar-refractivity contribution < 1.29 is 17.9 Å². The molecule has 0 saturated heterocycles. The maximum atomic E-state index is 12.7. The van der Waals surface area contributed by atoms with Crippen LogP contribution in [0.5, 0.6) is 5.75 Å². The van der Waals surface area contributed by atoms with Crippen LogP contribution in [-0.2, 0) is 16.4 Å². The minimum atomic E-state index is -3.62. The Labute approximate surface area is 180 Å². The van der Waals surface area contributed by atoms with Gasteiger partial charge in [0, 0.05) is 29.0 Å². The topological polar surface area (TPSA) is 84.5 Å². The van der Waals surface area contributed by atoms with E-state index in [0.29, 0.717) is 31.6 Å². The molecule has 0 bridgehead atoms. The highest BCUT2D eigenvalue weighted by Gasteiger charge is 2.23. The molecule has 6 nitrogen and oxygen atoms in total. The first-order valence-corrected chi connectivity index (χ1v) is 12.0. The van der Waals surface area contributed by atoms with Crippen LogP contribution in [0.15, 0.2) is 70.9 Å². The summed E-state index contributed by atoms with van der Waals surface area (Å²) in [5, 5.41) is 4.98. The predicted octanol–water partition coefficient (Wildman–Crippen LogP) is 3.52. The molecule has 2 aromatic carbocycles. The van der Waals surface area contributed by atoms with Crippen LogP contribution in [0.1, 0.15) is 33.3 Å². The summed E-state index contributed by atoms with van der Waals surface area (Å²) in [6.07, 6.45) is 1.33. The Morgan fingerprint density at radius 1 is 1.07 bits per heavy atom. The Morgan fingerprint density at radius 3 is 2.63 bits per heavy atom. The van der Waals surface area contributed by atoms with Crippen molar-refractivity contribution in [2.75, 3.05) is 13.2 Å². The average Bonchev–Trinajstić information content (AvgIpc) is 3.27. The Hall–Kier alpha value is -2.68. The summed E-state index contributed by atoms with van der Waals surface area (Å²) in [4.78, 5) is 13.9. The number of carbonyl (C=O) groups is 1. The summed E-state index contributed by atoms with van der Waals surface area (Å²) in [6, 6.07) is 17.4. The van der Waals surface area contributed by atoms with E-state index in [1.54, 1.807) is 11.3 Å². The van der Waals surface area contributed by atoms with Gasteiger partial charge in [-0.05, 0) is 48.2 Å². The lowest BCUT2D eigenvalue weighted by molar-refractivity contribution is 0.0924. The van der Waals surface area contributed by atoms with Crippen molar-refractivity contribution in [3.8, 4) is 5.75 Å². The first kappa shape index (κ1) is 20.6. The number of benzene rings is 2. The zero-order valence-electron chi connectivity index (χ0n) is 16.2. The average molecular weight is 443 g/mol. The fraction of sp³-hybridized carbons (Fsp3) is 0.227. The van der Waals surface area contributed by atoms with E-state index in [1.807, 2.05) is 41.8 Å². The van der Waals surface area contributed by atoms with E-state index in [4.69, 9.17) is 4.74 Å². The number of nitrogens with one attached hydrogen (secondary N) is 2. The van der Waals surface area contributed by atoms with E-state index in [0.717, 1.165) is 16.2 Å². The van der Waals surface area contributed by atoms with Gasteiger partial charge in [-0.1, -0.05) is 24.3 Å². The van der Waals surface area contributed by atoms with Gasteiger partial charge in [0.1, 0.15) is 5.75 Å². The van der Waals surface area contributed by atoms with Crippen LogP contribution in [0, 0.1) is 0 Å². The monoisotopic (exact) mass is 442 g/mol. The van der Waals surface area contributed by atoms with Gasteiger partial charge in [0.05, 0.1) is 17.5 Å². The third-order valence-electron chi connectivity index (χ3n) is 4.93. The fourth-order valence-corrected chi connectivity index (χ4v) is 5.11. The lowest BCUT2D eigenvalue weighted by atomic mass is 10.00. The van der Waals surface area contributed by atoms with Gasteiger partial charge in [-0.2, -0.15) is 0 Å². The minimum Gasteiger partial charge on any atom is -0.493 e. The molecule has 3 aromatic rings. The molecule has 4 rings (SSSR count). The van der Waals surface area contributed by atoms with Crippen LogP contribution < -0.4 is 14.8 Å². The molecule has 0 fully saturated rings. The second kappa shape index (κ2) is 8.99. The van der Waals surface area contributed by atoms with Crippen LogP contribution in [-0.4, -0.2) is 27.5 Å². The summed E-state index contributed by atoms with van der Waals surface area (Å²) in [7, 11) is -3.62. The molecule has 156 valence electrons. The number of thiophene rings is 1. The van der Waals surface area contributed by atoms with Crippen molar-refractivity contribution in [1.29, 1.82) is 0 Å². The van der Waals surface area contributed by atoms with Crippen molar-refractivity contribution in [2.45, 2.75) is 23.8 Å². The number of hydrogen-bond acceptors (Lipinski definition) is 5. The van der Waals surface area contributed by atoms with Gasteiger partial charge in [-0.3, -0.25) is 4.79 Å². The van der Waals surface area contributed by atoms with Gasteiger partial charge >= 0.3 is 0 Å². The fourth-order valence-electron chi connectivity index (χ4n) is 3.37. The summed E-state index contributed by atoms with van der Waals surface area (Å²) in [6.45, 7) is 0.866. The molecule has 2 N–H and O–H groups in total. The van der Waals surface area contributed by atoms with Gasteiger partial charge in [0.15, 0.2) is 0 Å². The molecular weight excluding hydrogens is 420 g/mol. The number of ether oxygens (including phenoxy) is 1. The third-order valence-corrected chi connectivity index (χ3v) is 7.35. The highest BCUT2D eigenvalue weighted by atomic mass is 32.2. The van der Waals surface area contributed by atoms with E-state index < -0.39 is 10.0 Å². The predicted molar refractivity (Wildman–Crippen MR) is 116 cm³/mol. The molecule has 0 saturated carbocycles. The maximum Gasteiger partial charge on any atom is 0.251 e. The molecule has 0 aliphatic carbocycles. The highest BCUT2D eigenvalue weighted by Crippen LogP contribution is 2.31. The number of fused-ring (bicyclic) bond motifs is 1. The Kier molecular flexibility index (Phi) is 6.17. The normalized spacial score (nSPS) is 15.8. The SMILES string of the molecule is O=C(NC1CCOc2ccccc21)c1ccc(S(=O)(=O)NCCc2cccs2)cc1. The maximum absolute atomic E-state index is 12.7. The van der Waals surface area contributed by atoms with Gasteiger partial charge in [-0.15, -0.1) is 11.3 Å². The number of para-hydroxylation sites is 1. The van der Waals surface area contributed by atoms with E-state index in [2.05, 4.69) is 10.0 Å². The van der Waals surface area contributed by atoms with Crippen molar-refractivity contribution in [2.24, 2.45) is 0 Å². The molecule has 1 unspecified atom stereocenters. The van der Waals surface area contributed by atoms with E-state index in [-0.39, 0.29) is 16.8 Å². The molecule has 0 spiro atoms. The van der Waals surface area contributed by atoms with Gasteiger partial charge < -0.3 is 10.1 Å². The second-order valence-electron chi connectivity index (χ2n) is 6.95. The van der Waals surface area contributed by atoms with Crippen molar-refractivity contribution in [3.05, 3.63) is 82.0 Å². The summed E-state index contributed by atoms with van der Waals surface area (Å²) >= 11 is 1.60. The van der Waals surface area contributed by atoms with E-state index in [1.165, 1.54) is 24.3 Å². The summed E-state index contributed by atoms with van der Waals surface area (Å²) < 4.78 is 33.2. The van der Waals surface area contributed by atoms with Crippen LogP contribution >= 0.6 is 11.3 Å². The van der Waals surface area contributed by atoms with Crippen LogP contribution in [0.25, 0.3) is 0 Å². The first-order valence-electron chi connectivity index (χ1n) is 9.68. The molecule has 1 aliphatic heterocycles. The highest BCUT2D eigenvalue weighted by molar-refractivity contribution is 7.89. The standard InChI is InChI=1S/C22H22N2O4S2/c25-22(24-20-12-14-28-21-6-2-1-5-19(20)21)16-7-9-18(10-8-16)30(26,27)23-13-11-17-4-3-15-29-17/h1-10,15,20,23H,11-14H2,(H,24,25). The van der Waals surface area contributed by atoms with Gasteiger partial charge in [0.2, 0.25) is 10.0 Å². The van der Waals surface area contributed by atoms with E-state index >= 15 is 0 Å². The lowest BCUT2D eigenvalue weighted by Crippen LogP contribution is -2.32. The van der Waals surface area contributed by atoms with Crippen LogP contribution in [0.4, 0.5) is 0 Å². The lowest BCUT2D eigenvalue weighted by Gasteiger charge is -2.26. The molecular formula is C22H22N2O4S2. The largest absolute Gasteiger partial charge is 0.493 e. The Bertz CT molecular complexity index is 1110. The Morgan fingerprint density at radius 2 is 1.87 bits per heavy atom. The molecule has 0 radical (unpaired) electrons. The molecule has 8 heteroatoms. The summed E-state index contributed by atoms with van der Waals surface area (Å²) in [5.74, 6) is 0.537. The molecule has 1 aliphatic rings. The molecule has 1 amide bonds. The van der Waals surface area contributed by atoms with Crippen molar-refractivity contribution in [3.63, 3.8) is 0 Å². The molecule has 2 heterocycles. The van der Waals surface area contributed by atoms with Crippen molar-refractivity contribution >= 4 is 27.3 Å². The second-order valence-corrected chi connectivity index (χ2v) is 9.75. The van der Waals surface area contributed by atoms with Crippen molar-refractivity contribution in [1.82, 2.24) is 10.0 Å². The quantitative estimate of drug-likeness (QED) is 0.586. The minimum absolute atomic E-state index is 0.134. The number of carbonyl (C=O) groups excluding carboxylic acids is 1. The number of rotatable bonds is 7. The summed E-state index contributed by atoms with van der Waals surface area (Å²) in [5.41, 5.74) is 1.36. The van der Waals surface area contributed by atoms with Gasteiger partial charge in [-0.25, -0.2) is 13.1 Å². The molecule has 30 heavy (non-hydrogen) atoms. The molecule has 1 atom stereocenters. The zero-order chi connectivity index (χ0) is 21.0. The smallest absolute Gasteiger partial charge is 0.251 e. The third kappa shape index (κ3) is 4.72.